The third-order valence-electron chi connectivity index (χ3n) is 2.74. The van der Waals surface area contributed by atoms with Crippen LogP contribution in [0.25, 0.3) is 11.4 Å². The minimum absolute atomic E-state index is 0.166. The van der Waals surface area contributed by atoms with Crippen LogP contribution in [0.4, 0.5) is 14.6 Å². The average molecular weight is 328 g/mol. The number of nitrogens with two attached hydrogens (primary N) is 1. The number of hydrogen-bond acceptors (Lipinski definition) is 6. The molecule has 6 nitrogen and oxygen atoms in total. The number of nitrogen functional groups attached to an aromatic ring is 1. The molecule has 0 fully saturated rings. The van der Waals surface area contributed by atoms with Crippen LogP contribution >= 0.6 is 11.6 Å². The third-order valence-corrected chi connectivity index (χ3v) is 3.11. The molecule has 0 atom stereocenters. The molecule has 2 aromatic rings. The van der Waals surface area contributed by atoms with Crippen LogP contribution in [0, 0.1) is 11.6 Å². The molecule has 114 valence electrons. The molecule has 0 spiro atoms. The highest BCUT2D eigenvalue weighted by atomic mass is 35.5. The summed E-state index contributed by atoms with van der Waals surface area (Å²) >= 11 is 5.78. The molecule has 1 aromatic carbocycles. The van der Waals surface area contributed by atoms with E-state index >= 15 is 0 Å². The van der Waals surface area contributed by atoms with Crippen LogP contribution in [0.15, 0.2) is 12.1 Å². The predicted molar refractivity (Wildman–Crippen MR) is 73.5 cm³/mol. The molecule has 0 radical (unpaired) electrons. The molecule has 2 N–H and O–H groups in total. The Bertz CT molecular complexity index is 784. The molecule has 0 bridgehead atoms. The number of aldehydes is 1. The number of methoxy groups -OCH3 is 1. The number of esters is 1. The molecule has 2 rings (SSSR count). The van der Waals surface area contributed by atoms with Gasteiger partial charge >= 0.3 is 5.97 Å². The van der Waals surface area contributed by atoms with Gasteiger partial charge in [0, 0.05) is 0 Å². The van der Waals surface area contributed by atoms with Crippen molar-refractivity contribution in [2.75, 3.05) is 12.8 Å². The standard InChI is InChI=1S/C13H8ClF2N3O3/c1-22-13(21)10-7(14)11(17)19-12(18-10)6-3-2-5(4-20)8(15)9(6)16/h2-4H,1H3,(H2,17,18,19). The largest absolute Gasteiger partial charge is 0.464 e. The van der Waals surface area contributed by atoms with Gasteiger partial charge in [0.2, 0.25) is 0 Å². The van der Waals surface area contributed by atoms with Gasteiger partial charge in [-0.15, -0.1) is 0 Å². The van der Waals surface area contributed by atoms with E-state index in [0.29, 0.717) is 0 Å². The molecule has 0 aliphatic carbocycles. The van der Waals surface area contributed by atoms with Crippen molar-refractivity contribution < 1.29 is 23.1 Å². The lowest BCUT2D eigenvalue weighted by Crippen LogP contribution is -2.10. The van der Waals surface area contributed by atoms with Gasteiger partial charge in [-0.25, -0.2) is 23.5 Å². The van der Waals surface area contributed by atoms with Crippen molar-refractivity contribution in [3.8, 4) is 11.4 Å². The molecule has 1 aromatic heterocycles. The fraction of sp³-hybridized carbons (Fsp3) is 0.0769. The first-order valence-electron chi connectivity index (χ1n) is 5.75. The Morgan fingerprint density at radius 3 is 2.59 bits per heavy atom. The quantitative estimate of drug-likeness (QED) is 0.686. The fourth-order valence-corrected chi connectivity index (χ4v) is 1.81. The van der Waals surface area contributed by atoms with Gasteiger partial charge in [-0.1, -0.05) is 11.6 Å². The lowest BCUT2D eigenvalue weighted by Gasteiger charge is -2.09. The zero-order valence-electron chi connectivity index (χ0n) is 11.1. The first-order chi connectivity index (χ1) is 10.4. The van der Waals surface area contributed by atoms with Crippen LogP contribution in [0.1, 0.15) is 20.8 Å². The second-order valence-electron chi connectivity index (χ2n) is 4.03. The van der Waals surface area contributed by atoms with Crippen LogP contribution in [0.3, 0.4) is 0 Å². The summed E-state index contributed by atoms with van der Waals surface area (Å²) in [6, 6.07) is 2.14. The number of nitrogens with zero attached hydrogens (tertiary/aromatic N) is 2. The number of hydrogen-bond donors (Lipinski definition) is 1. The number of carbonyl (C=O) groups is 2. The van der Waals surface area contributed by atoms with Crippen molar-refractivity contribution in [2.45, 2.75) is 0 Å². The topological polar surface area (TPSA) is 95.2 Å². The molecule has 22 heavy (non-hydrogen) atoms. The van der Waals surface area contributed by atoms with Crippen LogP contribution in [0.5, 0.6) is 0 Å². The minimum Gasteiger partial charge on any atom is -0.464 e. The Morgan fingerprint density at radius 2 is 2.00 bits per heavy atom. The second kappa shape index (κ2) is 6.02. The Kier molecular flexibility index (Phi) is 4.32. The average Bonchev–Trinajstić information content (AvgIpc) is 2.51. The van der Waals surface area contributed by atoms with Crippen molar-refractivity contribution in [1.29, 1.82) is 0 Å². The highest BCUT2D eigenvalue weighted by Crippen LogP contribution is 2.28. The van der Waals surface area contributed by atoms with E-state index in [0.717, 1.165) is 19.2 Å². The molecular weight excluding hydrogens is 320 g/mol. The maximum Gasteiger partial charge on any atom is 0.358 e. The second-order valence-corrected chi connectivity index (χ2v) is 4.41. The van der Waals surface area contributed by atoms with Crippen LogP contribution < -0.4 is 5.73 Å². The molecule has 0 aliphatic heterocycles. The van der Waals surface area contributed by atoms with Gasteiger partial charge in [0.25, 0.3) is 0 Å². The lowest BCUT2D eigenvalue weighted by molar-refractivity contribution is 0.0594. The molecule has 0 amide bonds. The van der Waals surface area contributed by atoms with E-state index in [4.69, 9.17) is 17.3 Å². The number of aromatic nitrogens is 2. The molecule has 0 unspecified atom stereocenters. The van der Waals surface area contributed by atoms with Gasteiger partial charge < -0.3 is 10.5 Å². The molecule has 0 saturated heterocycles. The van der Waals surface area contributed by atoms with Crippen molar-refractivity contribution in [3.05, 3.63) is 40.0 Å². The Morgan fingerprint density at radius 1 is 1.32 bits per heavy atom. The Hall–Kier alpha value is -2.61. The summed E-state index contributed by atoms with van der Waals surface area (Å²) < 4.78 is 32.1. The number of anilines is 1. The third kappa shape index (κ3) is 2.60. The Labute approximate surface area is 127 Å². The summed E-state index contributed by atoms with van der Waals surface area (Å²) in [7, 11) is 1.09. The summed E-state index contributed by atoms with van der Waals surface area (Å²) in [4.78, 5) is 29.6. The fourth-order valence-electron chi connectivity index (χ4n) is 1.64. The van der Waals surface area contributed by atoms with E-state index < -0.39 is 23.2 Å². The summed E-state index contributed by atoms with van der Waals surface area (Å²) in [5, 5.41) is -0.263. The van der Waals surface area contributed by atoms with Gasteiger partial charge in [-0.05, 0) is 12.1 Å². The predicted octanol–water partition coefficient (Wildman–Crippen LogP) is 2.26. The lowest BCUT2D eigenvalue weighted by atomic mass is 10.1. The summed E-state index contributed by atoms with van der Waals surface area (Å²) in [5.41, 5.74) is 4.31. The monoisotopic (exact) mass is 327 g/mol. The summed E-state index contributed by atoms with van der Waals surface area (Å²) in [5.74, 6) is -4.28. The van der Waals surface area contributed by atoms with E-state index in [2.05, 4.69) is 14.7 Å². The van der Waals surface area contributed by atoms with Crippen LogP contribution in [0.2, 0.25) is 5.02 Å². The van der Waals surface area contributed by atoms with Gasteiger partial charge in [0.05, 0.1) is 18.2 Å². The van der Waals surface area contributed by atoms with Gasteiger partial charge in [-0.2, -0.15) is 0 Å². The SMILES string of the molecule is COC(=O)c1nc(-c2ccc(C=O)c(F)c2F)nc(N)c1Cl. The maximum atomic E-state index is 14.0. The van der Waals surface area contributed by atoms with Gasteiger partial charge in [-0.3, -0.25) is 4.79 Å². The zero-order valence-corrected chi connectivity index (χ0v) is 11.8. The number of halogens is 3. The zero-order chi connectivity index (χ0) is 16.4. The van der Waals surface area contributed by atoms with E-state index in [1.54, 1.807) is 0 Å². The summed E-state index contributed by atoms with van der Waals surface area (Å²) in [6.45, 7) is 0. The smallest absolute Gasteiger partial charge is 0.358 e. The van der Waals surface area contributed by atoms with E-state index in [9.17, 15) is 18.4 Å². The molecule has 9 heteroatoms. The highest BCUT2D eigenvalue weighted by molar-refractivity contribution is 6.35. The van der Waals surface area contributed by atoms with Gasteiger partial charge in [0.1, 0.15) is 10.8 Å². The van der Waals surface area contributed by atoms with Crippen molar-refractivity contribution in [2.24, 2.45) is 0 Å². The number of rotatable bonds is 3. The molecule has 0 aliphatic rings. The number of carbonyl (C=O) groups excluding carboxylic acids is 2. The highest BCUT2D eigenvalue weighted by Gasteiger charge is 2.22. The summed E-state index contributed by atoms with van der Waals surface area (Å²) in [6.07, 6.45) is 0.166. The Balaban J connectivity index is 2.68. The van der Waals surface area contributed by atoms with Crippen LogP contribution in [-0.2, 0) is 4.74 Å². The number of ether oxygens (including phenoxy) is 1. The first kappa shape index (κ1) is 15.8. The molecule has 0 saturated carbocycles. The van der Waals surface area contributed by atoms with Crippen molar-refractivity contribution in [1.82, 2.24) is 9.97 Å². The maximum absolute atomic E-state index is 14.0. The molecular formula is C13H8ClF2N3O3. The van der Waals surface area contributed by atoms with E-state index in [1.165, 1.54) is 0 Å². The van der Waals surface area contributed by atoms with Gasteiger partial charge in [0.15, 0.2) is 29.4 Å². The minimum atomic E-state index is -1.36. The number of benzene rings is 1. The van der Waals surface area contributed by atoms with Crippen molar-refractivity contribution >= 4 is 29.7 Å². The van der Waals surface area contributed by atoms with E-state index in [-0.39, 0.29) is 34.2 Å². The normalized spacial score (nSPS) is 10.4. The first-order valence-corrected chi connectivity index (χ1v) is 6.13. The van der Waals surface area contributed by atoms with Crippen LogP contribution in [-0.4, -0.2) is 29.3 Å². The molecule has 1 heterocycles. The van der Waals surface area contributed by atoms with Crippen molar-refractivity contribution in [3.63, 3.8) is 0 Å². The van der Waals surface area contributed by atoms with E-state index in [1.807, 2.05) is 0 Å².